The molecule has 0 aromatic carbocycles. The van der Waals surface area contributed by atoms with Gasteiger partial charge in [0.15, 0.2) is 0 Å². The number of pyridine rings is 1. The molecule has 4 heteroatoms. The van der Waals surface area contributed by atoms with Crippen LogP contribution >= 0.6 is 0 Å². The van der Waals surface area contributed by atoms with E-state index < -0.39 is 0 Å². The van der Waals surface area contributed by atoms with Crippen LogP contribution in [0.1, 0.15) is 12.5 Å². The molecule has 0 spiro atoms. The number of methoxy groups -OCH3 is 2. The highest BCUT2D eigenvalue weighted by Crippen LogP contribution is 2.22. The van der Waals surface area contributed by atoms with Crippen LogP contribution < -0.4 is 15.2 Å². The number of ether oxygens (including phenoxy) is 2. The number of nitrogens with zero attached hydrogens (tertiary/aromatic N) is 1. The summed E-state index contributed by atoms with van der Waals surface area (Å²) in [6.07, 6.45) is 5.41. The normalized spacial score (nSPS) is 12.8. The van der Waals surface area contributed by atoms with Gasteiger partial charge in [0, 0.05) is 17.7 Å². The Morgan fingerprint density at radius 1 is 1.40 bits per heavy atom. The predicted molar refractivity (Wildman–Crippen MR) is 60.0 cm³/mol. The van der Waals surface area contributed by atoms with Gasteiger partial charge < -0.3 is 15.2 Å². The summed E-state index contributed by atoms with van der Waals surface area (Å²) in [4.78, 5) is 4.04. The van der Waals surface area contributed by atoms with E-state index in [4.69, 9.17) is 15.2 Å². The summed E-state index contributed by atoms with van der Waals surface area (Å²) in [6.45, 7) is 1.90. The van der Waals surface area contributed by atoms with E-state index >= 15 is 0 Å². The third-order valence-electron chi connectivity index (χ3n) is 1.88. The molecule has 1 aromatic heterocycles. The van der Waals surface area contributed by atoms with E-state index in [-0.39, 0.29) is 6.04 Å². The zero-order valence-electron chi connectivity index (χ0n) is 9.23. The quantitative estimate of drug-likeness (QED) is 0.813. The van der Waals surface area contributed by atoms with Crippen LogP contribution in [0.5, 0.6) is 11.6 Å². The van der Waals surface area contributed by atoms with E-state index in [1.165, 1.54) is 0 Å². The number of hydrogen-bond donors (Lipinski definition) is 1. The fraction of sp³-hybridized carbons (Fsp3) is 0.364. The van der Waals surface area contributed by atoms with Gasteiger partial charge in [-0.25, -0.2) is 4.98 Å². The van der Waals surface area contributed by atoms with Crippen molar-refractivity contribution in [3.05, 3.63) is 23.9 Å². The molecule has 4 nitrogen and oxygen atoms in total. The van der Waals surface area contributed by atoms with Gasteiger partial charge in [-0.2, -0.15) is 0 Å². The Hall–Kier alpha value is -1.55. The van der Waals surface area contributed by atoms with Crippen LogP contribution in [0.25, 0.3) is 6.08 Å². The van der Waals surface area contributed by atoms with Gasteiger partial charge >= 0.3 is 0 Å². The maximum absolute atomic E-state index is 5.63. The van der Waals surface area contributed by atoms with E-state index in [1.54, 1.807) is 26.5 Å². The molecule has 1 unspecified atom stereocenters. The minimum absolute atomic E-state index is 0.00821. The van der Waals surface area contributed by atoms with Crippen molar-refractivity contribution in [1.29, 1.82) is 0 Å². The molecule has 0 aliphatic rings. The first kappa shape index (κ1) is 11.5. The predicted octanol–water partition coefficient (Wildman–Crippen LogP) is 1.46. The molecule has 0 saturated carbocycles. The minimum Gasteiger partial charge on any atom is -0.495 e. The SMILES string of the molecule is COc1cc(/C=C/C(C)N)c(OC)cn1. The lowest BCUT2D eigenvalue weighted by atomic mass is 10.2. The summed E-state index contributed by atoms with van der Waals surface area (Å²) < 4.78 is 10.2. The zero-order chi connectivity index (χ0) is 11.3. The van der Waals surface area contributed by atoms with Crippen LogP contribution in [0.15, 0.2) is 18.3 Å². The Morgan fingerprint density at radius 3 is 2.67 bits per heavy atom. The highest BCUT2D eigenvalue weighted by molar-refractivity contribution is 5.58. The molecule has 0 aliphatic carbocycles. The third kappa shape index (κ3) is 3.25. The molecule has 15 heavy (non-hydrogen) atoms. The molecule has 82 valence electrons. The van der Waals surface area contributed by atoms with E-state index in [9.17, 15) is 0 Å². The second kappa shape index (κ2) is 5.36. The number of nitrogens with two attached hydrogens (primary N) is 1. The largest absolute Gasteiger partial charge is 0.495 e. The van der Waals surface area contributed by atoms with E-state index in [0.717, 1.165) is 5.56 Å². The maximum Gasteiger partial charge on any atom is 0.213 e. The van der Waals surface area contributed by atoms with Gasteiger partial charge in [0.25, 0.3) is 0 Å². The molecule has 1 rings (SSSR count). The number of rotatable bonds is 4. The highest BCUT2D eigenvalue weighted by Gasteiger charge is 2.02. The van der Waals surface area contributed by atoms with Crippen molar-refractivity contribution < 1.29 is 9.47 Å². The van der Waals surface area contributed by atoms with Crippen LogP contribution in [-0.4, -0.2) is 25.2 Å². The van der Waals surface area contributed by atoms with Gasteiger partial charge in [-0.15, -0.1) is 0 Å². The first-order chi connectivity index (χ1) is 7.17. The van der Waals surface area contributed by atoms with Crippen molar-refractivity contribution in [3.63, 3.8) is 0 Å². The van der Waals surface area contributed by atoms with E-state index in [1.807, 2.05) is 19.1 Å². The summed E-state index contributed by atoms with van der Waals surface area (Å²) in [6, 6.07) is 1.81. The summed E-state index contributed by atoms with van der Waals surface area (Å²) in [5.74, 6) is 1.26. The van der Waals surface area contributed by atoms with Crippen LogP contribution in [0.4, 0.5) is 0 Å². The Kier molecular flexibility index (Phi) is 4.12. The van der Waals surface area contributed by atoms with E-state index in [0.29, 0.717) is 11.6 Å². The minimum atomic E-state index is 0.00821. The first-order valence-electron chi connectivity index (χ1n) is 4.69. The maximum atomic E-state index is 5.63. The third-order valence-corrected chi connectivity index (χ3v) is 1.88. The molecule has 1 heterocycles. The fourth-order valence-electron chi connectivity index (χ4n) is 1.11. The van der Waals surface area contributed by atoms with Crippen molar-refractivity contribution in [3.8, 4) is 11.6 Å². The second-order valence-electron chi connectivity index (χ2n) is 3.19. The van der Waals surface area contributed by atoms with Crippen molar-refractivity contribution >= 4 is 6.08 Å². The van der Waals surface area contributed by atoms with Crippen LogP contribution in [0, 0.1) is 0 Å². The molecule has 1 aromatic rings. The Bertz CT molecular complexity index is 348. The monoisotopic (exact) mass is 208 g/mol. The molecule has 0 fully saturated rings. The van der Waals surface area contributed by atoms with Crippen LogP contribution in [0.2, 0.25) is 0 Å². The Labute approximate surface area is 89.7 Å². The number of hydrogen-bond acceptors (Lipinski definition) is 4. The number of aromatic nitrogens is 1. The molecule has 0 bridgehead atoms. The van der Waals surface area contributed by atoms with Gasteiger partial charge in [0.05, 0.1) is 20.4 Å². The second-order valence-corrected chi connectivity index (χ2v) is 3.19. The highest BCUT2D eigenvalue weighted by atomic mass is 16.5. The lowest BCUT2D eigenvalue weighted by Crippen LogP contribution is -2.10. The van der Waals surface area contributed by atoms with Crippen molar-refractivity contribution in [2.75, 3.05) is 14.2 Å². The summed E-state index contributed by atoms with van der Waals surface area (Å²) >= 11 is 0. The summed E-state index contributed by atoms with van der Waals surface area (Å²) in [5.41, 5.74) is 6.53. The Balaban J connectivity index is 3.01. The summed E-state index contributed by atoms with van der Waals surface area (Å²) in [5, 5.41) is 0. The molecule has 0 saturated heterocycles. The average molecular weight is 208 g/mol. The molecule has 0 amide bonds. The van der Waals surface area contributed by atoms with Crippen molar-refractivity contribution in [1.82, 2.24) is 4.98 Å². The average Bonchev–Trinajstić information content (AvgIpc) is 2.25. The van der Waals surface area contributed by atoms with Crippen LogP contribution in [0.3, 0.4) is 0 Å². The lowest BCUT2D eigenvalue weighted by Gasteiger charge is -2.06. The topological polar surface area (TPSA) is 57.4 Å². The standard InChI is InChI=1S/C11H16N2O2/c1-8(12)4-5-9-6-11(15-3)13-7-10(9)14-2/h4-8H,12H2,1-3H3/b5-4+. The lowest BCUT2D eigenvalue weighted by molar-refractivity contribution is 0.387. The van der Waals surface area contributed by atoms with Crippen molar-refractivity contribution in [2.45, 2.75) is 13.0 Å². The van der Waals surface area contributed by atoms with Gasteiger partial charge in [-0.1, -0.05) is 12.2 Å². The van der Waals surface area contributed by atoms with Gasteiger partial charge in [-0.05, 0) is 6.92 Å². The van der Waals surface area contributed by atoms with E-state index in [2.05, 4.69) is 4.98 Å². The molecule has 1 atom stereocenters. The summed E-state index contributed by atoms with van der Waals surface area (Å²) in [7, 11) is 3.18. The smallest absolute Gasteiger partial charge is 0.213 e. The molecule has 0 radical (unpaired) electrons. The molecule has 2 N–H and O–H groups in total. The molecule has 0 aliphatic heterocycles. The fourth-order valence-corrected chi connectivity index (χ4v) is 1.11. The first-order valence-corrected chi connectivity index (χ1v) is 4.69. The van der Waals surface area contributed by atoms with Gasteiger partial charge in [0.1, 0.15) is 5.75 Å². The van der Waals surface area contributed by atoms with Crippen LogP contribution in [-0.2, 0) is 0 Å². The van der Waals surface area contributed by atoms with Crippen molar-refractivity contribution in [2.24, 2.45) is 5.73 Å². The zero-order valence-corrected chi connectivity index (χ0v) is 9.23. The molecular weight excluding hydrogens is 192 g/mol. The Morgan fingerprint density at radius 2 is 2.13 bits per heavy atom. The van der Waals surface area contributed by atoms with Gasteiger partial charge in [-0.3, -0.25) is 0 Å². The van der Waals surface area contributed by atoms with Gasteiger partial charge in [0.2, 0.25) is 5.88 Å². The molecular formula is C11H16N2O2.